The fraction of sp³-hybridized carbons (Fsp3) is 0.346. The van der Waals surface area contributed by atoms with Crippen LogP contribution in [-0.4, -0.2) is 24.9 Å². The van der Waals surface area contributed by atoms with Crippen LogP contribution in [0, 0.1) is 116 Å². The van der Waals surface area contributed by atoms with Crippen molar-refractivity contribution in [1.82, 2.24) is 24.9 Å². The molecule has 0 radical (unpaired) electrons. The molecule has 0 N–H and O–H groups in total. The first-order valence-corrected chi connectivity index (χ1v) is 42.2. The quantitative estimate of drug-likeness (QED) is 0.114. The molecule has 15 aromatic rings. The fourth-order valence-electron chi connectivity index (χ4n) is 16.9. The first-order chi connectivity index (χ1) is 55.4. The van der Waals surface area contributed by atoms with E-state index >= 15 is 0 Å². The summed E-state index contributed by atoms with van der Waals surface area (Å²) in [5.41, 5.74) is 44.9. The van der Waals surface area contributed by atoms with E-state index in [1.807, 2.05) is 31.6 Å². The van der Waals surface area contributed by atoms with E-state index < -0.39 is 0 Å². The van der Waals surface area contributed by atoms with Gasteiger partial charge in [0.1, 0.15) is 28.5 Å². The summed E-state index contributed by atoms with van der Waals surface area (Å²) < 4.78 is 10.7. The maximum absolute atomic E-state index is 4.76. The van der Waals surface area contributed by atoms with Crippen molar-refractivity contribution in [2.75, 3.05) is 0 Å². The van der Waals surface area contributed by atoms with Gasteiger partial charge in [0.2, 0.25) is 0 Å². The Morgan fingerprint density at radius 1 is 0.265 bits per heavy atom. The molecular weight excluding hydrogens is 1430 g/mol. The van der Waals surface area contributed by atoms with Crippen molar-refractivity contribution >= 4 is 54.5 Å². The summed E-state index contributed by atoms with van der Waals surface area (Å²) in [5, 5.41) is 6.14. The Labute approximate surface area is 699 Å². The summed E-state index contributed by atoms with van der Waals surface area (Å²) in [6, 6.07) is 55.9. The summed E-state index contributed by atoms with van der Waals surface area (Å²) in [4.78, 5) is 23.4. The predicted octanol–water partition coefficient (Wildman–Crippen LogP) is 24.0. The molecule has 0 saturated carbocycles. The van der Waals surface area contributed by atoms with Crippen LogP contribution in [0.25, 0.3) is 111 Å². The number of hydrogen-bond donors (Lipinski definition) is 0. The lowest BCUT2D eigenvalue weighted by molar-refractivity contribution is -0.662. The Hall–Kier alpha value is -11.1. The maximum Gasteiger partial charge on any atom is 0.287 e. The largest absolute Gasteiger partial charge is 0.287 e. The van der Waals surface area contributed by atoms with E-state index in [0.29, 0.717) is 29.6 Å². The number of benzene rings is 10. The Kier molecular flexibility index (Phi) is 27.1. The molecule has 0 aliphatic heterocycles. The van der Waals surface area contributed by atoms with E-state index in [-0.39, 0.29) is 0 Å². The van der Waals surface area contributed by atoms with E-state index in [2.05, 4.69) is 398 Å². The van der Waals surface area contributed by atoms with Crippen molar-refractivity contribution in [3.8, 4) is 56.3 Å². The highest BCUT2D eigenvalue weighted by atomic mass is 15.0. The summed E-state index contributed by atoms with van der Waals surface area (Å²) >= 11 is 0. The van der Waals surface area contributed by atoms with Crippen LogP contribution in [0.2, 0.25) is 0 Å². The van der Waals surface area contributed by atoms with Gasteiger partial charge in [0, 0.05) is 38.9 Å². The molecule has 0 unspecified atom stereocenters. The summed E-state index contributed by atoms with van der Waals surface area (Å²) in [5.74, 6) is 2.77. The molecule has 15 rings (SSSR count). The van der Waals surface area contributed by atoms with Crippen LogP contribution in [0.4, 0.5) is 0 Å². The fourth-order valence-corrected chi connectivity index (χ4v) is 16.9. The zero-order chi connectivity index (χ0) is 85.0. The number of aromatic nitrogens is 10. The van der Waals surface area contributed by atoms with Crippen LogP contribution in [0.15, 0.2) is 183 Å². The minimum Gasteiger partial charge on any atom is -0.232 e. The SMILES string of the molecule is Cc1cc(C)c(C)c(-c2c3cc(C(C)C)ccc3nc[n+]2C)c1.Cc1cc(C)c(C)c(-c2c3ccc(C(C)C)cc3nc[n+]2C)c1.Cc1cc(C)c(C)c(-c2c3ccc(CC(C)C)cc3nc[n+]2C)c1.Cc1cc(C)c(C)c(-c2c3cccc(C(C)C)c3nc[n+]2C)c1.Cc1cc(C)c(C)c(-c2c3cccc(CC(C)C)c3nc[n+]2C)c1. The molecule has 5 heterocycles. The third kappa shape index (κ3) is 19.1. The number of para-hydroxylation sites is 2. The Bertz CT molecular complexity index is 6180. The van der Waals surface area contributed by atoms with Gasteiger partial charge in [-0.05, 0) is 322 Å². The lowest BCUT2D eigenvalue weighted by Crippen LogP contribution is -2.32. The number of hydrogen-bond acceptors (Lipinski definition) is 5. The normalized spacial score (nSPS) is 11.4. The van der Waals surface area contributed by atoms with Gasteiger partial charge in [-0.25, -0.2) is 22.8 Å². The minimum atomic E-state index is 0.465. The van der Waals surface area contributed by atoms with Gasteiger partial charge in [0.25, 0.3) is 31.6 Å². The molecule has 602 valence electrons. The molecule has 0 aliphatic carbocycles. The Balaban J connectivity index is 0.000000144. The molecule has 117 heavy (non-hydrogen) atoms. The van der Waals surface area contributed by atoms with E-state index in [1.54, 1.807) is 0 Å². The monoisotopic (exact) mass is 1550 g/mol. The van der Waals surface area contributed by atoms with Gasteiger partial charge in [-0.2, -0.15) is 0 Å². The highest BCUT2D eigenvalue weighted by molar-refractivity contribution is 5.97. The van der Waals surface area contributed by atoms with Crippen molar-refractivity contribution in [1.29, 1.82) is 0 Å². The minimum absolute atomic E-state index is 0.465. The standard InChI is InChI=1S/2C22H27N2.3C21H25N2/c1-14(2)9-18-7-8-19-21(12-18)23-13-24(6)22(19)20-11-15(3)10-16(4)17(20)5;1-14(2)10-18-8-7-9-19-21(18)23-13-24(6)22(19)20-12-15(3)11-16(4)17(20)5;1-13(2)17-7-8-20-19(11-17)21(23(6)12-22-20)18-10-14(3)9-15(4)16(18)5;1-13(2)17-7-8-18-20(11-17)22-12-23(6)21(18)19-10-14(3)9-15(4)16(19)5;1-13(2)17-8-7-9-18-20(17)22-12-23(6)21(18)19-11-14(3)10-15(4)16(19)5/h7-8,10-14H,9H2,1-6H3;7-9,11-14H,10H2,1-6H3;3*7-13H,1-6H3/q5*+1. The molecule has 0 bridgehead atoms. The first-order valence-electron chi connectivity index (χ1n) is 42.2. The van der Waals surface area contributed by atoms with Gasteiger partial charge in [-0.15, -0.1) is 0 Å². The topological polar surface area (TPSA) is 83.8 Å². The van der Waals surface area contributed by atoms with Gasteiger partial charge in [-0.3, -0.25) is 0 Å². The highest BCUT2D eigenvalue weighted by Crippen LogP contribution is 2.38. The van der Waals surface area contributed by atoms with Gasteiger partial charge < -0.3 is 0 Å². The van der Waals surface area contributed by atoms with E-state index in [0.717, 1.165) is 40.4 Å². The van der Waals surface area contributed by atoms with Crippen molar-refractivity contribution in [3.63, 3.8) is 0 Å². The van der Waals surface area contributed by atoms with Gasteiger partial charge in [0.15, 0.2) is 27.6 Å². The van der Waals surface area contributed by atoms with Crippen molar-refractivity contribution in [2.45, 2.75) is 204 Å². The number of fused-ring (bicyclic) bond motifs is 5. The van der Waals surface area contributed by atoms with E-state index in [4.69, 9.17) is 9.97 Å². The van der Waals surface area contributed by atoms with Crippen LogP contribution >= 0.6 is 0 Å². The Morgan fingerprint density at radius 2 is 0.590 bits per heavy atom. The van der Waals surface area contributed by atoms with Crippen molar-refractivity contribution < 1.29 is 22.8 Å². The third-order valence-electron chi connectivity index (χ3n) is 23.7. The Morgan fingerprint density at radius 3 is 0.983 bits per heavy atom. The summed E-state index contributed by atoms with van der Waals surface area (Å²) in [7, 11) is 10.4. The molecule has 0 spiro atoms. The molecule has 0 amide bonds. The van der Waals surface area contributed by atoms with Crippen LogP contribution < -0.4 is 22.8 Å². The average molecular weight is 1560 g/mol. The lowest BCUT2D eigenvalue weighted by Gasteiger charge is -2.13. The molecule has 0 fully saturated rings. The molecule has 0 aliphatic rings. The van der Waals surface area contributed by atoms with Crippen LogP contribution in [0.3, 0.4) is 0 Å². The molecule has 10 heteroatoms. The number of nitrogens with zero attached hydrogens (tertiary/aromatic N) is 10. The van der Waals surface area contributed by atoms with E-state index in [1.165, 1.54) is 194 Å². The molecule has 0 atom stereocenters. The average Bonchev–Trinajstić information content (AvgIpc) is 0.778. The second-order valence-corrected chi connectivity index (χ2v) is 35.4. The maximum atomic E-state index is 4.76. The van der Waals surface area contributed by atoms with Crippen LogP contribution in [0.1, 0.15) is 198 Å². The molecule has 5 aromatic heterocycles. The van der Waals surface area contributed by atoms with Crippen molar-refractivity contribution in [3.05, 3.63) is 295 Å². The third-order valence-corrected chi connectivity index (χ3v) is 23.7. The molecule has 10 aromatic carbocycles. The molecule has 0 saturated heterocycles. The zero-order valence-electron chi connectivity index (χ0n) is 76.1. The summed E-state index contributed by atoms with van der Waals surface area (Å²) in [6.07, 6.45) is 11.8. The van der Waals surface area contributed by atoms with Gasteiger partial charge in [0.05, 0.1) is 62.2 Å². The smallest absolute Gasteiger partial charge is 0.232 e. The zero-order valence-corrected chi connectivity index (χ0v) is 76.1. The highest BCUT2D eigenvalue weighted by Gasteiger charge is 2.26. The van der Waals surface area contributed by atoms with E-state index in [9.17, 15) is 0 Å². The first kappa shape index (κ1) is 86.8. The summed E-state index contributed by atoms with van der Waals surface area (Å²) in [6.45, 7) is 55.2. The second-order valence-electron chi connectivity index (χ2n) is 35.4. The number of aryl methyl sites for hydroxylation is 15. The predicted molar refractivity (Wildman–Crippen MR) is 492 cm³/mol. The lowest BCUT2D eigenvalue weighted by atomic mass is 9.93. The van der Waals surface area contributed by atoms with Gasteiger partial charge >= 0.3 is 0 Å². The van der Waals surface area contributed by atoms with Crippen LogP contribution in [-0.2, 0) is 48.1 Å². The van der Waals surface area contributed by atoms with Gasteiger partial charge in [-0.1, -0.05) is 170 Å². The molecule has 10 nitrogen and oxygen atoms in total. The second kappa shape index (κ2) is 36.6. The van der Waals surface area contributed by atoms with Crippen molar-refractivity contribution in [2.24, 2.45) is 47.1 Å². The van der Waals surface area contributed by atoms with Crippen LogP contribution in [0.5, 0.6) is 0 Å². The molecular formula is C107H129N10+5. The number of rotatable bonds is 12.